The molecule has 1 atom stereocenters. The molecule has 1 aliphatic heterocycles. The van der Waals surface area contributed by atoms with Crippen LogP contribution in [0.3, 0.4) is 0 Å². The highest BCUT2D eigenvalue weighted by Gasteiger charge is 2.38. The van der Waals surface area contributed by atoms with Gasteiger partial charge in [-0.3, -0.25) is 29.6 Å². The smallest absolute Gasteiger partial charge is 0.311 e. The Morgan fingerprint density at radius 2 is 1.63 bits per heavy atom. The van der Waals surface area contributed by atoms with Gasteiger partial charge in [0.25, 0.3) is 11.8 Å². The van der Waals surface area contributed by atoms with Gasteiger partial charge in [-0.05, 0) is 51.7 Å². The van der Waals surface area contributed by atoms with E-state index in [2.05, 4.69) is 26.7 Å². The summed E-state index contributed by atoms with van der Waals surface area (Å²) in [6.07, 6.45) is -0.135. The topological polar surface area (TPSA) is 105 Å². The lowest BCUT2D eigenvalue weighted by Crippen LogP contribution is -2.45. The first-order valence-electron chi connectivity index (χ1n) is 11.9. The number of nitrogens with one attached hydrogen (secondary N) is 2. The molecule has 1 heterocycles. The van der Waals surface area contributed by atoms with Crippen molar-refractivity contribution in [2.45, 2.75) is 19.3 Å². The van der Waals surface area contributed by atoms with Crippen LogP contribution >= 0.6 is 27.5 Å². The SMILES string of the molecule is Cc1c(NC(=O)COC(=O)[C@H]2CC(=O)N(NC(=O)C(c3ccccc3)c3ccccc3)C2)ccc(Br)c1Cl. The summed E-state index contributed by atoms with van der Waals surface area (Å²) >= 11 is 9.50. The molecule has 196 valence electrons. The fourth-order valence-electron chi connectivity index (χ4n) is 4.19. The Morgan fingerprint density at radius 3 is 2.24 bits per heavy atom. The number of halogens is 2. The first-order valence-corrected chi connectivity index (χ1v) is 13.0. The molecule has 3 aromatic carbocycles. The van der Waals surface area contributed by atoms with Gasteiger partial charge in [-0.1, -0.05) is 72.3 Å². The molecule has 0 unspecified atom stereocenters. The molecule has 10 heteroatoms. The van der Waals surface area contributed by atoms with E-state index in [0.29, 0.717) is 20.7 Å². The van der Waals surface area contributed by atoms with E-state index in [9.17, 15) is 19.2 Å². The van der Waals surface area contributed by atoms with Crippen LogP contribution in [0.4, 0.5) is 5.69 Å². The van der Waals surface area contributed by atoms with Crippen molar-refractivity contribution in [3.05, 3.63) is 99.0 Å². The van der Waals surface area contributed by atoms with E-state index in [0.717, 1.165) is 16.1 Å². The van der Waals surface area contributed by atoms with Crippen molar-refractivity contribution in [1.29, 1.82) is 0 Å². The molecule has 1 saturated heterocycles. The van der Waals surface area contributed by atoms with Gasteiger partial charge in [0.2, 0.25) is 5.91 Å². The molecule has 1 fully saturated rings. The predicted octanol–water partition coefficient (Wildman–Crippen LogP) is 4.60. The van der Waals surface area contributed by atoms with Gasteiger partial charge >= 0.3 is 5.97 Å². The number of hydrogen-bond donors (Lipinski definition) is 2. The quantitative estimate of drug-likeness (QED) is 0.369. The molecule has 0 aromatic heterocycles. The number of hydrogen-bond acceptors (Lipinski definition) is 5. The molecular formula is C28H25BrClN3O5. The Kier molecular flexibility index (Phi) is 8.81. The van der Waals surface area contributed by atoms with E-state index in [4.69, 9.17) is 16.3 Å². The summed E-state index contributed by atoms with van der Waals surface area (Å²) in [5.74, 6) is -3.50. The van der Waals surface area contributed by atoms with Gasteiger partial charge in [0.1, 0.15) is 0 Å². The Hall–Kier alpha value is -3.69. The molecule has 0 saturated carbocycles. The minimum atomic E-state index is -0.814. The fraction of sp³-hybridized carbons (Fsp3) is 0.214. The standard InChI is InChI=1S/C28H25BrClN3O5/c1-17-22(13-12-21(29)26(17)30)31-23(34)16-38-28(37)20-14-24(35)33(15-20)32-27(36)25(18-8-4-2-5-9-18)19-10-6-3-7-11-19/h2-13,20,25H,14-16H2,1H3,(H,31,34)(H,32,36)/t20-/m0/s1. The summed E-state index contributed by atoms with van der Waals surface area (Å²) in [6, 6.07) is 21.8. The van der Waals surface area contributed by atoms with Crippen LogP contribution in [0.25, 0.3) is 0 Å². The highest BCUT2D eigenvalue weighted by Crippen LogP contribution is 2.31. The molecule has 3 amide bonds. The summed E-state index contributed by atoms with van der Waals surface area (Å²) in [5.41, 5.74) is 5.37. The number of amides is 3. The summed E-state index contributed by atoms with van der Waals surface area (Å²) in [4.78, 5) is 50.8. The number of carbonyl (C=O) groups is 4. The number of rotatable bonds is 8. The van der Waals surface area contributed by atoms with Gasteiger partial charge < -0.3 is 10.1 Å². The van der Waals surface area contributed by atoms with Crippen molar-refractivity contribution in [1.82, 2.24) is 10.4 Å². The van der Waals surface area contributed by atoms with Crippen LogP contribution in [0.1, 0.15) is 29.0 Å². The van der Waals surface area contributed by atoms with Crippen molar-refractivity contribution in [2.75, 3.05) is 18.5 Å². The second-order valence-corrected chi connectivity index (χ2v) is 10.1. The predicted molar refractivity (Wildman–Crippen MR) is 146 cm³/mol. The highest BCUT2D eigenvalue weighted by atomic mass is 79.9. The summed E-state index contributed by atoms with van der Waals surface area (Å²) in [6.45, 7) is 1.18. The minimum Gasteiger partial charge on any atom is -0.455 e. The molecule has 0 aliphatic carbocycles. The third-order valence-corrected chi connectivity index (χ3v) is 7.57. The number of anilines is 1. The number of nitrogens with zero attached hydrogens (tertiary/aromatic N) is 1. The van der Waals surface area contributed by atoms with E-state index in [-0.39, 0.29) is 13.0 Å². The van der Waals surface area contributed by atoms with Crippen LogP contribution in [-0.4, -0.2) is 41.9 Å². The maximum Gasteiger partial charge on any atom is 0.311 e. The second kappa shape index (κ2) is 12.2. The molecule has 8 nitrogen and oxygen atoms in total. The molecule has 1 aliphatic rings. The van der Waals surface area contributed by atoms with E-state index in [1.165, 1.54) is 0 Å². The van der Waals surface area contributed by atoms with Crippen molar-refractivity contribution >= 4 is 56.9 Å². The minimum absolute atomic E-state index is 0.0528. The Balaban J connectivity index is 1.34. The van der Waals surface area contributed by atoms with Gasteiger partial charge in [-0.25, -0.2) is 0 Å². The largest absolute Gasteiger partial charge is 0.455 e. The molecule has 4 rings (SSSR count). The van der Waals surface area contributed by atoms with E-state index >= 15 is 0 Å². The van der Waals surface area contributed by atoms with E-state index in [1.54, 1.807) is 19.1 Å². The lowest BCUT2D eigenvalue weighted by molar-refractivity contribution is -0.151. The fourth-order valence-corrected chi connectivity index (χ4v) is 4.78. The number of carbonyl (C=O) groups excluding carboxylic acids is 4. The number of ether oxygens (including phenoxy) is 1. The highest BCUT2D eigenvalue weighted by molar-refractivity contribution is 9.10. The van der Waals surface area contributed by atoms with E-state index in [1.807, 2.05) is 60.7 Å². The lowest BCUT2D eigenvalue weighted by Gasteiger charge is -2.23. The zero-order chi connectivity index (χ0) is 27.2. The second-order valence-electron chi connectivity index (χ2n) is 8.83. The lowest BCUT2D eigenvalue weighted by atomic mass is 9.91. The first-order chi connectivity index (χ1) is 18.2. The maximum atomic E-state index is 13.3. The van der Waals surface area contributed by atoms with Crippen molar-refractivity contribution < 1.29 is 23.9 Å². The normalized spacial score (nSPS) is 14.9. The molecule has 0 spiro atoms. The summed E-state index contributed by atoms with van der Waals surface area (Å²) in [5, 5.41) is 4.26. The summed E-state index contributed by atoms with van der Waals surface area (Å²) in [7, 11) is 0. The monoisotopic (exact) mass is 597 g/mol. The third kappa shape index (κ3) is 6.41. The Labute approximate surface area is 233 Å². The van der Waals surface area contributed by atoms with Crippen LogP contribution in [0, 0.1) is 12.8 Å². The molecular weight excluding hydrogens is 574 g/mol. The van der Waals surface area contributed by atoms with Crippen LogP contribution in [0.15, 0.2) is 77.3 Å². The molecule has 38 heavy (non-hydrogen) atoms. The molecule has 3 aromatic rings. The van der Waals surface area contributed by atoms with E-state index < -0.39 is 42.1 Å². The zero-order valence-corrected chi connectivity index (χ0v) is 22.8. The van der Waals surface area contributed by atoms with Crippen LogP contribution in [-0.2, 0) is 23.9 Å². The zero-order valence-electron chi connectivity index (χ0n) is 20.4. The Bertz CT molecular complexity index is 1310. The summed E-state index contributed by atoms with van der Waals surface area (Å²) < 4.78 is 5.85. The first kappa shape index (κ1) is 27.3. The van der Waals surface area contributed by atoms with Crippen LogP contribution in [0.5, 0.6) is 0 Å². The molecule has 0 radical (unpaired) electrons. The van der Waals surface area contributed by atoms with Gasteiger partial charge in [-0.2, -0.15) is 0 Å². The van der Waals surface area contributed by atoms with Crippen LogP contribution in [0.2, 0.25) is 5.02 Å². The van der Waals surface area contributed by atoms with Crippen molar-refractivity contribution in [2.24, 2.45) is 5.92 Å². The molecule has 2 N–H and O–H groups in total. The van der Waals surface area contributed by atoms with Gasteiger partial charge in [0.15, 0.2) is 6.61 Å². The van der Waals surface area contributed by atoms with Crippen molar-refractivity contribution in [3.63, 3.8) is 0 Å². The van der Waals surface area contributed by atoms with Crippen molar-refractivity contribution in [3.8, 4) is 0 Å². The molecule has 0 bridgehead atoms. The Morgan fingerprint density at radius 1 is 1.03 bits per heavy atom. The van der Waals surface area contributed by atoms with Gasteiger partial charge in [-0.15, -0.1) is 0 Å². The van der Waals surface area contributed by atoms with Crippen LogP contribution < -0.4 is 10.7 Å². The van der Waals surface area contributed by atoms with Gasteiger partial charge in [0, 0.05) is 16.6 Å². The number of esters is 1. The average molecular weight is 599 g/mol. The van der Waals surface area contributed by atoms with Gasteiger partial charge in [0.05, 0.1) is 23.4 Å². The number of hydrazine groups is 1. The number of benzene rings is 3. The average Bonchev–Trinajstić information content (AvgIpc) is 3.29. The third-order valence-electron chi connectivity index (χ3n) is 6.19. The maximum absolute atomic E-state index is 13.3.